The number of rotatable bonds is 6. The standard InChI is InChI=1S/C15H22N4/c1-4-16-15(10-14-11-19(3)18-17-14)12(2)13-8-6-5-7-9-13/h5-9,11-12,15-16H,4,10H2,1-3H3. The van der Waals surface area contributed by atoms with Crippen molar-refractivity contribution in [2.24, 2.45) is 7.05 Å². The molecule has 0 amide bonds. The predicted octanol–water partition coefficient (Wildman–Crippen LogP) is 2.14. The van der Waals surface area contributed by atoms with Crippen molar-refractivity contribution in [1.29, 1.82) is 0 Å². The van der Waals surface area contributed by atoms with Crippen LogP contribution in [0.3, 0.4) is 0 Å². The van der Waals surface area contributed by atoms with E-state index in [0.29, 0.717) is 12.0 Å². The summed E-state index contributed by atoms with van der Waals surface area (Å²) in [6, 6.07) is 11.0. The molecule has 2 aromatic rings. The molecule has 19 heavy (non-hydrogen) atoms. The Bertz CT molecular complexity index is 492. The molecule has 0 bridgehead atoms. The summed E-state index contributed by atoms with van der Waals surface area (Å²) in [6.07, 6.45) is 2.89. The van der Waals surface area contributed by atoms with Gasteiger partial charge in [0, 0.05) is 25.7 Å². The predicted molar refractivity (Wildman–Crippen MR) is 77.0 cm³/mol. The minimum absolute atomic E-state index is 0.379. The van der Waals surface area contributed by atoms with E-state index in [-0.39, 0.29) is 0 Å². The number of likely N-dealkylation sites (N-methyl/N-ethyl adjacent to an activating group) is 1. The highest BCUT2D eigenvalue weighted by Crippen LogP contribution is 2.21. The maximum atomic E-state index is 4.19. The fourth-order valence-electron chi connectivity index (χ4n) is 2.39. The summed E-state index contributed by atoms with van der Waals surface area (Å²) >= 11 is 0. The van der Waals surface area contributed by atoms with Crippen LogP contribution >= 0.6 is 0 Å². The lowest BCUT2D eigenvalue weighted by atomic mass is 9.90. The number of hydrogen-bond donors (Lipinski definition) is 1. The first kappa shape index (κ1) is 13.7. The molecule has 1 heterocycles. The molecule has 102 valence electrons. The molecular weight excluding hydrogens is 236 g/mol. The second-order valence-electron chi connectivity index (χ2n) is 4.95. The van der Waals surface area contributed by atoms with Crippen LogP contribution in [0, 0.1) is 0 Å². The van der Waals surface area contributed by atoms with E-state index in [0.717, 1.165) is 18.7 Å². The van der Waals surface area contributed by atoms with E-state index in [1.165, 1.54) is 5.56 Å². The van der Waals surface area contributed by atoms with Crippen LogP contribution in [-0.2, 0) is 13.5 Å². The molecule has 4 heteroatoms. The Morgan fingerprint density at radius 3 is 2.58 bits per heavy atom. The quantitative estimate of drug-likeness (QED) is 0.863. The Kier molecular flexibility index (Phi) is 4.68. The second kappa shape index (κ2) is 6.48. The van der Waals surface area contributed by atoms with Gasteiger partial charge in [-0.05, 0) is 18.0 Å². The van der Waals surface area contributed by atoms with Crippen molar-refractivity contribution >= 4 is 0 Å². The van der Waals surface area contributed by atoms with Crippen LogP contribution in [0.4, 0.5) is 0 Å². The Hall–Kier alpha value is -1.68. The summed E-state index contributed by atoms with van der Waals surface area (Å²) < 4.78 is 1.76. The average molecular weight is 258 g/mol. The highest BCUT2D eigenvalue weighted by molar-refractivity contribution is 5.21. The van der Waals surface area contributed by atoms with Crippen molar-refractivity contribution in [3.63, 3.8) is 0 Å². The van der Waals surface area contributed by atoms with Crippen molar-refractivity contribution in [2.45, 2.75) is 32.2 Å². The topological polar surface area (TPSA) is 42.7 Å². The van der Waals surface area contributed by atoms with E-state index in [9.17, 15) is 0 Å². The SMILES string of the molecule is CCNC(Cc1cn(C)nn1)C(C)c1ccccc1. The molecule has 1 N–H and O–H groups in total. The Balaban J connectivity index is 2.11. The van der Waals surface area contributed by atoms with Gasteiger partial charge in [0.05, 0.1) is 5.69 Å². The molecule has 0 fully saturated rings. The van der Waals surface area contributed by atoms with E-state index in [1.807, 2.05) is 13.2 Å². The largest absolute Gasteiger partial charge is 0.313 e. The molecule has 0 aliphatic heterocycles. The van der Waals surface area contributed by atoms with Gasteiger partial charge in [-0.1, -0.05) is 49.4 Å². The lowest BCUT2D eigenvalue weighted by molar-refractivity contribution is 0.454. The third kappa shape index (κ3) is 3.64. The zero-order valence-corrected chi connectivity index (χ0v) is 11.9. The van der Waals surface area contributed by atoms with Gasteiger partial charge in [-0.2, -0.15) is 0 Å². The zero-order chi connectivity index (χ0) is 13.7. The summed E-state index contributed by atoms with van der Waals surface area (Å²) in [4.78, 5) is 0. The molecule has 0 saturated carbocycles. The number of hydrogen-bond acceptors (Lipinski definition) is 3. The van der Waals surface area contributed by atoms with E-state index in [4.69, 9.17) is 0 Å². The summed E-state index contributed by atoms with van der Waals surface area (Å²) in [5.74, 6) is 0.447. The van der Waals surface area contributed by atoms with E-state index < -0.39 is 0 Å². The molecule has 2 atom stereocenters. The second-order valence-corrected chi connectivity index (χ2v) is 4.95. The van der Waals surface area contributed by atoms with Crippen LogP contribution < -0.4 is 5.32 Å². The number of nitrogens with one attached hydrogen (secondary N) is 1. The molecule has 1 aromatic carbocycles. The number of aryl methyl sites for hydroxylation is 1. The lowest BCUT2D eigenvalue weighted by Crippen LogP contribution is -2.35. The molecule has 0 aliphatic rings. The molecule has 2 rings (SSSR count). The molecule has 4 nitrogen and oxygen atoms in total. The van der Waals surface area contributed by atoms with Crippen LogP contribution in [0.1, 0.15) is 31.0 Å². The van der Waals surface area contributed by atoms with Crippen molar-refractivity contribution in [3.8, 4) is 0 Å². The van der Waals surface area contributed by atoms with Crippen LogP contribution in [0.15, 0.2) is 36.5 Å². The third-order valence-corrected chi connectivity index (χ3v) is 3.47. The molecule has 2 unspecified atom stereocenters. The van der Waals surface area contributed by atoms with Crippen LogP contribution in [0.25, 0.3) is 0 Å². The van der Waals surface area contributed by atoms with Crippen molar-refractivity contribution in [3.05, 3.63) is 47.8 Å². The minimum Gasteiger partial charge on any atom is -0.313 e. The average Bonchev–Trinajstić information content (AvgIpc) is 2.84. The van der Waals surface area contributed by atoms with Gasteiger partial charge >= 0.3 is 0 Å². The first-order chi connectivity index (χ1) is 9.20. The third-order valence-electron chi connectivity index (χ3n) is 3.47. The molecule has 1 aromatic heterocycles. The number of aromatic nitrogens is 3. The van der Waals surface area contributed by atoms with Gasteiger partial charge in [0.2, 0.25) is 0 Å². The molecule has 0 saturated heterocycles. The van der Waals surface area contributed by atoms with Gasteiger partial charge in [0.1, 0.15) is 0 Å². The maximum absolute atomic E-state index is 4.19. The number of benzene rings is 1. The van der Waals surface area contributed by atoms with E-state index >= 15 is 0 Å². The van der Waals surface area contributed by atoms with Crippen molar-refractivity contribution in [1.82, 2.24) is 20.3 Å². The highest BCUT2D eigenvalue weighted by atomic mass is 15.4. The molecular formula is C15H22N4. The van der Waals surface area contributed by atoms with Gasteiger partial charge in [0.25, 0.3) is 0 Å². The minimum atomic E-state index is 0.379. The van der Waals surface area contributed by atoms with E-state index in [1.54, 1.807) is 4.68 Å². The molecule has 0 aliphatic carbocycles. The smallest absolute Gasteiger partial charge is 0.0842 e. The number of nitrogens with zero attached hydrogens (tertiary/aromatic N) is 3. The Labute approximate surface area is 114 Å². The highest BCUT2D eigenvalue weighted by Gasteiger charge is 2.19. The van der Waals surface area contributed by atoms with Gasteiger partial charge in [-0.25, -0.2) is 0 Å². The normalized spacial score (nSPS) is 14.3. The van der Waals surface area contributed by atoms with Gasteiger partial charge in [-0.3, -0.25) is 4.68 Å². The maximum Gasteiger partial charge on any atom is 0.0842 e. The Morgan fingerprint density at radius 2 is 2.00 bits per heavy atom. The first-order valence-electron chi connectivity index (χ1n) is 6.84. The van der Waals surface area contributed by atoms with Crippen LogP contribution in [0.2, 0.25) is 0 Å². The first-order valence-corrected chi connectivity index (χ1v) is 6.84. The van der Waals surface area contributed by atoms with Gasteiger partial charge in [-0.15, -0.1) is 5.10 Å². The summed E-state index contributed by atoms with van der Waals surface area (Å²) in [6.45, 7) is 5.36. The fraction of sp³-hybridized carbons (Fsp3) is 0.467. The van der Waals surface area contributed by atoms with Crippen molar-refractivity contribution in [2.75, 3.05) is 6.54 Å². The van der Waals surface area contributed by atoms with Crippen LogP contribution in [0.5, 0.6) is 0 Å². The molecule has 0 spiro atoms. The zero-order valence-electron chi connectivity index (χ0n) is 11.9. The molecule has 0 radical (unpaired) electrons. The van der Waals surface area contributed by atoms with Crippen LogP contribution in [-0.4, -0.2) is 27.6 Å². The Morgan fingerprint density at radius 1 is 1.26 bits per heavy atom. The monoisotopic (exact) mass is 258 g/mol. The van der Waals surface area contributed by atoms with Gasteiger partial charge < -0.3 is 5.32 Å². The summed E-state index contributed by atoms with van der Waals surface area (Å²) in [7, 11) is 1.90. The lowest BCUT2D eigenvalue weighted by Gasteiger charge is -2.24. The summed E-state index contributed by atoms with van der Waals surface area (Å²) in [5.41, 5.74) is 2.40. The van der Waals surface area contributed by atoms with Crippen molar-refractivity contribution < 1.29 is 0 Å². The fourth-order valence-corrected chi connectivity index (χ4v) is 2.39. The van der Waals surface area contributed by atoms with E-state index in [2.05, 4.69) is 59.8 Å². The summed E-state index contributed by atoms with van der Waals surface area (Å²) in [5, 5.41) is 11.7. The van der Waals surface area contributed by atoms with Gasteiger partial charge in [0.15, 0.2) is 0 Å².